The molecule has 0 radical (unpaired) electrons. The summed E-state index contributed by atoms with van der Waals surface area (Å²) >= 11 is 6.11. The summed E-state index contributed by atoms with van der Waals surface area (Å²) in [6.07, 6.45) is 1.01. The Bertz CT molecular complexity index is 971. The third kappa shape index (κ3) is 5.53. The molecule has 0 saturated carbocycles. The van der Waals surface area contributed by atoms with Gasteiger partial charge < -0.3 is 10.1 Å². The van der Waals surface area contributed by atoms with Crippen molar-refractivity contribution in [3.05, 3.63) is 64.7 Å². The molecule has 0 spiro atoms. The van der Waals surface area contributed by atoms with E-state index in [0.29, 0.717) is 36.5 Å². The molecule has 1 amide bonds. The van der Waals surface area contributed by atoms with E-state index >= 15 is 0 Å². The van der Waals surface area contributed by atoms with E-state index in [-0.39, 0.29) is 23.6 Å². The third-order valence-corrected chi connectivity index (χ3v) is 7.68. The number of carbonyl (C=O) groups is 1. The molecule has 162 valence electrons. The van der Waals surface area contributed by atoms with Crippen LogP contribution in [0.5, 0.6) is 5.75 Å². The van der Waals surface area contributed by atoms with Gasteiger partial charge in [-0.3, -0.25) is 4.79 Å². The molecule has 1 N–H and O–H groups in total. The second kappa shape index (κ2) is 9.81. The van der Waals surface area contributed by atoms with E-state index in [9.17, 15) is 13.2 Å². The minimum atomic E-state index is -3.48. The lowest BCUT2D eigenvalue weighted by Crippen LogP contribution is -2.43. The maximum absolute atomic E-state index is 12.8. The molecule has 8 heteroatoms. The number of carbonyl (C=O) groups excluding carboxylic acids is 1. The largest absolute Gasteiger partial charge is 0.497 e. The van der Waals surface area contributed by atoms with Crippen LogP contribution in [-0.2, 0) is 20.6 Å². The topological polar surface area (TPSA) is 75.7 Å². The van der Waals surface area contributed by atoms with Crippen LogP contribution in [0.4, 0.5) is 0 Å². The average Bonchev–Trinajstić information content (AvgIpc) is 2.75. The quantitative estimate of drug-likeness (QED) is 0.696. The van der Waals surface area contributed by atoms with E-state index in [1.54, 1.807) is 31.4 Å². The molecular formula is C22H27ClN2O4S. The van der Waals surface area contributed by atoms with E-state index < -0.39 is 10.0 Å². The number of halogens is 1. The smallest absolute Gasteiger partial charge is 0.223 e. The second-order valence-corrected chi connectivity index (χ2v) is 9.90. The predicted molar refractivity (Wildman–Crippen MR) is 118 cm³/mol. The monoisotopic (exact) mass is 450 g/mol. The Balaban J connectivity index is 1.54. The zero-order valence-electron chi connectivity index (χ0n) is 17.2. The number of amides is 1. The SMILES string of the molecule is COc1ccc([C@H](C)NC(=O)C2CCN(S(=O)(=O)Cc3ccccc3Cl)CC2)cc1. The van der Waals surface area contributed by atoms with Crippen molar-refractivity contribution in [1.82, 2.24) is 9.62 Å². The number of hydrogen-bond acceptors (Lipinski definition) is 4. The van der Waals surface area contributed by atoms with Gasteiger partial charge in [0.1, 0.15) is 5.75 Å². The van der Waals surface area contributed by atoms with Gasteiger partial charge in [0, 0.05) is 24.0 Å². The van der Waals surface area contributed by atoms with E-state index in [1.807, 2.05) is 31.2 Å². The maximum Gasteiger partial charge on any atom is 0.223 e. The predicted octanol–water partition coefficient (Wildman–Crippen LogP) is 3.77. The number of hydrogen-bond donors (Lipinski definition) is 1. The van der Waals surface area contributed by atoms with Gasteiger partial charge in [-0.15, -0.1) is 0 Å². The summed E-state index contributed by atoms with van der Waals surface area (Å²) in [4.78, 5) is 12.7. The van der Waals surface area contributed by atoms with E-state index in [0.717, 1.165) is 11.3 Å². The van der Waals surface area contributed by atoms with Crippen molar-refractivity contribution in [1.29, 1.82) is 0 Å². The standard InChI is InChI=1S/C22H27ClN2O4S/c1-16(17-7-9-20(29-2)10-8-17)24-22(26)18-11-13-25(14-12-18)30(27,28)15-19-5-3-4-6-21(19)23/h3-10,16,18H,11-15H2,1-2H3,(H,24,26)/t16-/m0/s1. The lowest BCUT2D eigenvalue weighted by Gasteiger charge is -2.31. The first-order chi connectivity index (χ1) is 14.3. The lowest BCUT2D eigenvalue weighted by molar-refractivity contribution is -0.126. The number of piperidine rings is 1. The highest BCUT2D eigenvalue weighted by atomic mass is 35.5. The number of rotatable bonds is 7. The van der Waals surface area contributed by atoms with Gasteiger partial charge in [0.05, 0.1) is 18.9 Å². The summed E-state index contributed by atoms with van der Waals surface area (Å²) in [5.74, 6) is 0.402. The molecule has 0 aliphatic carbocycles. The summed E-state index contributed by atoms with van der Waals surface area (Å²) in [6, 6.07) is 14.4. The zero-order chi connectivity index (χ0) is 21.7. The molecule has 6 nitrogen and oxygen atoms in total. The number of methoxy groups -OCH3 is 1. The van der Waals surface area contributed by atoms with Crippen molar-refractivity contribution in [2.45, 2.75) is 31.6 Å². The maximum atomic E-state index is 12.8. The van der Waals surface area contributed by atoms with Gasteiger partial charge in [0.15, 0.2) is 0 Å². The molecule has 1 fully saturated rings. The van der Waals surface area contributed by atoms with Crippen LogP contribution < -0.4 is 10.1 Å². The van der Waals surface area contributed by atoms with Crippen molar-refractivity contribution in [3.8, 4) is 5.75 Å². The Kier molecular flexibility index (Phi) is 7.39. The number of nitrogens with zero attached hydrogens (tertiary/aromatic N) is 1. The molecule has 0 aromatic heterocycles. The Morgan fingerprint density at radius 1 is 1.17 bits per heavy atom. The molecule has 1 saturated heterocycles. The number of ether oxygens (including phenoxy) is 1. The van der Waals surface area contributed by atoms with Gasteiger partial charge >= 0.3 is 0 Å². The minimum Gasteiger partial charge on any atom is -0.497 e. The Morgan fingerprint density at radius 3 is 2.40 bits per heavy atom. The summed E-state index contributed by atoms with van der Waals surface area (Å²) in [5.41, 5.74) is 1.58. The summed E-state index contributed by atoms with van der Waals surface area (Å²) in [5, 5.41) is 3.49. The van der Waals surface area contributed by atoms with Gasteiger partial charge in [-0.2, -0.15) is 0 Å². The molecule has 3 rings (SSSR count). The van der Waals surface area contributed by atoms with Crippen molar-refractivity contribution < 1.29 is 17.9 Å². The average molecular weight is 451 g/mol. The highest BCUT2D eigenvalue weighted by molar-refractivity contribution is 7.88. The fraction of sp³-hybridized carbons (Fsp3) is 0.409. The first-order valence-electron chi connectivity index (χ1n) is 9.95. The Morgan fingerprint density at radius 2 is 1.80 bits per heavy atom. The van der Waals surface area contributed by atoms with Crippen molar-refractivity contribution in [2.24, 2.45) is 5.92 Å². The summed E-state index contributed by atoms with van der Waals surface area (Å²) in [6.45, 7) is 2.60. The fourth-order valence-corrected chi connectivity index (χ4v) is 5.48. The number of sulfonamides is 1. The molecule has 2 aromatic rings. The van der Waals surface area contributed by atoms with Crippen LogP contribution in [0.1, 0.15) is 36.9 Å². The lowest BCUT2D eigenvalue weighted by atomic mass is 9.96. The van der Waals surface area contributed by atoms with Crippen LogP contribution in [0.3, 0.4) is 0 Å². The van der Waals surface area contributed by atoms with Crippen LogP contribution in [0, 0.1) is 5.92 Å². The van der Waals surface area contributed by atoms with E-state index in [4.69, 9.17) is 16.3 Å². The Labute approximate surface area is 183 Å². The normalized spacial score (nSPS) is 16.8. The van der Waals surface area contributed by atoms with Crippen LogP contribution in [-0.4, -0.2) is 38.8 Å². The van der Waals surface area contributed by atoms with Crippen LogP contribution in [0.15, 0.2) is 48.5 Å². The number of nitrogens with one attached hydrogen (secondary N) is 1. The fourth-order valence-electron chi connectivity index (χ4n) is 3.61. The minimum absolute atomic E-state index is 0.0403. The highest BCUT2D eigenvalue weighted by Gasteiger charge is 2.32. The first-order valence-corrected chi connectivity index (χ1v) is 11.9. The van der Waals surface area contributed by atoms with Crippen LogP contribution in [0.2, 0.25) is 5.02 Å². The second-order valence-electron chi connectivity index (χ2n) is 7.52. The van der Waals surface area contributed by atoms with E-state index in [1.165, 1.54) is 4.31 Å². The third-order valence-electron chi connectivity index (χ3n) is 5.49. The van der Waals surface area contributed by atoms with Crippen molar-refractivity contribution in [2.75, 3.05) is 20.2 Å². The van der Waals surface area contributed by atoms with Crippen molar-refractivity contribution in [3.63, 3.8) is 0 Å². The van der Waals surface area contributed by atoms with Crippen LogP contribution in [0.25, 0.3) is 0 Å². The van der Waals surface area contributed by atoms with Crippen molar-refractivity contribution >= 4 is 27.5 Å². The van der Waals surface area contributed by atoms with Gasteiger partial charge in [0.2, 0.25) is 15.9 Å². The van der Waals surface area contributed by atoms with Crippen LogP contribution >= 0.6 is 11.6 Å². The molecule has 0 unspecified atom stereocenters. The molecule has 2 aromatic carbocycles. The molecule has 1 heterocycles. The molecule has 30 heavy (non-hydrogen) atoms. The zero-order valence-corrected chi connectivity index (χ0v) is 18.7. The molecular weight excluding hydrogens is 424 g/mol. The number of benzene rings is 2. The summed E-state index contributed by atoms with van der Waals surface area (Å²) < 4.78 is 32.1. The first kappa shape index (κ1) is 22.6. The molecule has 1 aliphatic heterocycles. The Hall–Kier alpha value is -2.09. The molecule has 0 bridgehead atoms. The highest BCUT2D eigenvalue weighted by Crippen LogP contribution is 2.25. The van der Waals surface area contributed by atoms with Gasteiger partial charge in [-0.25, -0.2) is 12.7 Å². The summed E-state index contributed by atoms with van der Waals surface area (Å²) in [7, 11) is -1.86. The molecule has 1 atom stereocenters. The van der Waals surface area contributed by atoms with E-state index in [2.05, 4.69) is 5.32 Å². The molecule has 1 aliphatic rings. The van der Waals surface area contributed by atoms with Gasteiger partial charge in [-0.1, -0.05) is 41.9 Å². The van der Waals surface area contributed by atoms with Gasteiger partial charge in [0.25, 0.3) is 0 Å². The van der Waals surface area contributed by atoms with Gasteiger partial charge in [-0.05, 0) is 49.1 Å².